The van der Waals surface area contributed by atoms with E-state index in [-0.39, 0.29) is 17.4 Å². The number of carbonyl (C=O) groups is 2. The van der Waals surface area contributed by atoms with Crippen molar-refractivity contribution >= 4 is 17.4 Å². The summed E-state index contributed by atoms with van der Waals surface area (Å²) < 4.78 is 0. The van der Waals surface area contributed by atoms with Crippen molar-refractivity contribution in [2.75, 3.05) is 18.0 Å². The van der Waals surface area contributed by atoms with Crippen LogP contribution in [-0.2, 0) is 0 Å². The van der Waals surface area contributed by atoms with Crippen LogP contribution in [0.3, 0.4) is 0 Å². The molecule has 1 aromatic heterocycles. The summed E-state index contributed by atoms with van der Waals surface area (Å²) in [5.74, 6) is -0.245. The molecule has 1 aliphatic rings. The normalized spacial score (nSPS) is 15.4. The number of rotatable bonds is 4. The van der Waals surface area contributed by atoms with Crippen LogP contribution in [-0.4, -0.2) is 29.8 Å². The summed E-state index contributed by atoms with van der Waals surface area (Å²) in [6, 6.07) is 13.0. The van der Waals surface area contributed by atoms with Crippen LogP contribution in [0.25, 0.3) is 0 Å². The molecule has 0 aliphatic carbocycles. The van der Waals surface area contributed by atoms with Gasteiger partial charge in [0.15, 0.2) is 5.78 Å². The van der Waals surface area contributed by atoms with E-state index in [1.165, 1.54) is 0 Å². The average molecular weight is 309 g/mol. The smallest absolute Gasteiger partial charge is 0.267 e. The number of piperidine rings is 1. The Hall–Kier alpha value is -2.69. The van der Waals surface area contributed by atoms with E-state index in [1.54, 1.807) is 12.3 Å². The van der Waals surface area contributed by atoms with E-state index in [1.807, 2.05) is 36.4 Å². The zero-order chi connectivity index (χ0) is 16.2. The number of Topliss-reactive ketones (excluding diaryl/α,β-unsaturated/α-hetero) is 1. The van der Waals surface area contributed by atoms with Gasteiger partial charge in [0.2, 0.25) is 0 Å². The van der Waals surface area contributed by atoms with E-state index < -0.39 is 5.91 Å². The van der Waals surface area contributed by atoms with E-state index in [4.69, 9.17) is 5.73 Å². The summed E-state index contributed by atoms with van der Waals surface area (Å²) in [6.07, 6.45) is 3.21. The number of primary amides is 1. The summed E-state index contributed by atoms with van der Waals surface area (Å²) in [4.78, 5) is 29.9. The second-order valence-electron chi connectivity index (χ2n) is 5.76. The highest BCUT2D eigenvalue weighted by atomic mass is 16.1. The Morgan fingerprint density at radius 2 is 1.78 bits per heavy atom. The van der Waals surface area contributed by atoms with Crippen LogP contribution in [0.5, 0.6) is 0 Å². The highest BCUT2D eigenvalue weighted by molar-refractivity contribution is 5.98. The Kier molecular flexibility index (Phi) is 4.37. The molecule has 1 amide bonds. The maximum absolute atomic E-state index is 12.5. The number of hydrogen-bond acceptors (Lipinski definition) is 4. The zero-order valence-electron chi connectivity index (χ0n) is 12.8. The maximum atomic E-state index is 12.5. The molecular weight excluding hydrogens is 290 g/mol. The van der Waals surface area contributed by atoms with Gasteiger partial charge in [0.25, 0.3) is 5.91 Å². The first-order chi connectivity index (χ1) is 11.1. The van der Waals surface area contributed by atoms with Gasteiger partial charge in [-0.1, -0.05) is 30.3 Å². The molecule has 3 rings (SSSR count). The van der Waals surface area contributed by atoms with Crippen LogP contribution < -0.4 is 10.6 Å². The molecule has 0 bridgehead atoms. The molecule has 2 aromatic rings. The van der Waals surface area contributed by atoms with Gasteiger partial charge in [0.05, 0.1) is 0 Å². The molecule has 5 heteroatoms. The van der Waals surface area contributed by atoms with Gasteiger partial charge in [0.1, 0.15) is 5.69 Å². The minimum atomic E-state index is -0.527. The lowest BCUT2D eigenvalue weighted by atomic mass is 9.89. The topological polar surface area (TPSA) is 76.3 Å². The largest absolute Gasteiger partial charge is 0.371 e. The van der Waals surface area contributed by atoms with Crippen LogP contribution in [0.1, 0.15) is 33.7 Å². The van der Waals surface area contributed by atoms with Crippen LogP contribution in [0.2, 0.25) is 0 Å². The van der Waals surface area contributed by atoms with E-state index >= 15 is 0 Å². The number of nitrogens with two attached hydrogens (primary N) is 1. The van der Waals surface area contributed by atoms with E-state index in [2.05, 4.69) is 9.88 Å². The Labute approximate surface area is 135 Å². The molecule has 2 N–H and O–H groups in total. The van der Waals surface area contributed by atoms with Crippen molar-refractivity contribution in [1.82, 2.24) is 4.98 Å². The summed E-state index contributed by atoms with van der Waals surface area (Å²) in [5.41, 5.74) is 7.26. The van der Waals surface area contributed by atoms with Gasteiger partial charge in [-0.2, -0.15) is 0 Å². The predicted molar refractivity (Wildman–Crippen MR) is 88.5 cm³/mol. The lowest BCUT2D eigenvalue weighted by Crippen LogP contribution is -2.36. The molecule has 23 heavy (non-hydrogen) atoms. The minimum Gasteiger partial charge on any atom is -0.371 e. The second-order valence-corrected chi connectivity index (χ2v) is 5.76. The monoisotopic (exact) mass is 309 g/mol. The average Bonchev–Trinajstić information content (AvgIpc) is 2.62. The number of carbonyl (C=O) groups excluding carboxylic acids is 2. The SMILES string of the molecule is NC(=O)c1cc(N2CCC(C(=O)c3ccccc3)CC2)ccn1. The minimum absolute atomic E-state index is 0.0612. The van der Waals surface area contributed by atoms with Crippen LogP contribution in [0.15, 0.2) is 48.7 Å². The van der Waals surface area contributed by atoms with E-state index in [0.29, 0.717) is 0 Å². The van der Waals surface area contributed by atoms with Crippen molar-refractivity contribution in [2.45, 2.75) is 12.8 Å². The quantitative estimate of drug-likeness (QED) is 0.879. The molecule has 5 nitrogen and oxygen atoms in total. The van der Waals surface area contributed by atoms with Gasteiger partial charge in [-0.3, -0.25) is 14.6 Å². The summed E-state index contributed by atoms with van der Waals surface area (Å²) >= 11 is 0. The number of amides is 1. The number of benzene rings is 1. The molecule has 1 aromatic carbocycles. The molecular formula is C18H19N3O2. The fourth-order valence-corrected chi connectivity index (χ4v) is 2.99. The van der Waals surface area contributed by atoms with Crippen LogP contribution in [0, 0.1) is 5.92 Å². The van der Waals surface area contributed by atoms with Crippen molar-refractivity contribution < 1.29 is 9.59 Å². The Balaban J connectivity index is 1.66. The second kappa shape index (κ2) is 6.60. The van der Waals surface area contributed by atoms with Crippen molar-refractivity contribution in [2.24, 2.45) is 11.7 Å². The van der Waals surface area contributed by atoms with Crippen molar-refractivity contribution in [3.8, 4) is 0 Å². The molecule has 1 aliphatic heterocycles. The third kappa shape index (κ3) is 3.39. The Morgan fingerprint density at radius 3 is 2.43 bits per heavy atom. The Morgan fingerprint density at radius 1 is 1.09 bits per heavy atom. The van der Waals surface area contributed by atoms with Gasteiger partial charge in [0, 0.05) is 36.5 Å². The fourth-order valence-electron chi connectivity index (χ4n) is 2.99. The maximum Gasteiger partial charge on any atom is 0.267 e. The first-order valence-electron chi connectivity index (χ1n) is 7.75. The highest BCUT2D eigenvalue weighted by Crippen LogP contribution is 2.25. The number of ketones is 1. The first kappa shape index (κ1) is 15.2. The highest BCUT2D eigenvalue weighted by Gasteiger charge is 2.26. The third-order valence-corrected chi connectivity index (χ3v) is 4.29. The zero-order valence-corrected chi connectivity index (χ0v) is 12.8. The summed E-state index contributed by atoms with van der Waals surface area (Å²) in [6.45, 7) is 1.57. The number of nitrogens with zero attached hydrogens (tertiary/aromatic N) is 2. The molecule has 0 saturated carbocycles. The predicted octanol–water partition coefficient (Wildman–Crippen LogP) is 2.28. The van der Waals surface area contributed by atoms with E-state index in [9.17, 15) is 9.59 Å². The van der Waals surface area contributed by atoms with Gasteiger partial charge < -0.3 is 10.6 Å². The number of pyridine rings is 1. The third-order valence-electron chi connectivity index (χ3n) is 4.29. The molecule has 1 saturated heterocycles. The molecule has 118 valence electrons. The van der Waals surface area contributed by atoms with E-state index in [0.717, 1.165) is 37.2 Å². The fraction of sp³-hybridized carbons (Fsp3) is 0.278. The number of anilines is 1. The van der Waals surface area contributed by atoms with Gasteiger partial charge >= 0.3 is 0 Å². The molecule has 0 unspecified atom stereocenters. The van der Waals surface area contributed by atoms with Crippen molar-refractivity contribution in [1.29, 1.82) is 0 Å². The molecule has 0 radical (unpaired) electrons. The summed E-state index contributed by atoms with van der Waals surface area (Å²) in [5, 5.41) is 0. The van der Waals surface area contributed by atoms with Gasteiger partial charge in [-0.15, -0.1) is 0 Å². The van der Waals surface area contributed by atoms with Gasteiger partial charge in [-0.05, 0) is 25.0 Å². The molecule has 0 atom stereocenters. The summed E-state index contributed by atoms with van der Waals surface area (Å²) in [7, 11) is 0. The standard InChI is InChI=1S/C18H19N3O2/c19-18(23)16-12-15(6-9-20-16)21-10-7-14(8-11-21)17(22)13-4-2-1-3-5-13/h1-6,9,12,14H,7-8,10-11H2,(H2,19,23). The lowest BCUT2D eigenvalue weighted by Gasteiger charge is -2.33. The molecule has 2 heterocycles. The van der Waals surface area contributed by atoms with Crippen molar-refractivity contribution in [3.05, 3.63) is 59.9 Å². The Bertz CT molecular complexity index is 707. The number of hydrogen-bond donors (Lipinski definition) is 1. The first-order valence-corrected chi connectivity index (χ1v) is 7.75. The molecule has 0 spiro atoms. The molecule has 1 fully saturated rings. The van der Waals surface area contributed by atoms with Crippen LogP contribution >= 0.6 is 0 Å². The van der Waals surface area contributed by atoms with Gasteiger partial charge in [-0.25, -0.2) is 0 Å². The van der Waals surface area contributed by atoms with Crippen LogP contribution in [0.4, 0.5) is 5.69 Å². The van der Waals surface area contributed by atoms with Crippen molar-refractivity contribution in [3.63, 3.8) is 0 Å². The number of aromatic nitrogens is 1. The lowest BCUT2D eigenvalue weighted by molar-refractivity contribution is 0.0900.